The Morgan fingerprint density at radius 2 is 2.10 bits per heavy atom. The molecule has 1 saturated carbocycles. The van der Waals surface area contributed by atoms with Crippen LogP contribution in [0.15, 0.2) is 51.8 Å². The highest BCUT2D eigenvalue weighted by Crippen LogP contribution is 2.49. The standard InChI is InChI=1S/C23H24ClN3O3/c1-14-25-20-17(24)11-15-12-18(22(28)27(2)13-16-7-6-10-29-16)30-21(15)19(20)23(26-14)8-4-3-5-9-23/h6-7,10-12,25-26H,1,3-5,8-9,13H2,2H3. The molecule has 2 aromatic heterocycles. The predicted molar refractivity (Wildman–Crippen MR) is 116 cm³/mol. The van der Waals surface area contributed by atoms with Gasteiger partial charge in [0.2, 0.25) is 0 Å². The zero-order valence-corrected chi connectivity index (χ0v) is 17.6. The van der Waals surface area contributed by atoms with Crippen LogP contribution in [0.2, 0.25) is 5.02 Å². The van der Waals surface area contributed by atoms with Gasteiger partial charge in [-0.2, -0.15) is 0 Å². The van der Waals surface area contributed by atoms with Crippen molar-refractivity contribution in [1.29, 1.82) is 0 Å². The molecular formula is C23H24ClN3O3. The number of benzene rings is 1. The molecule has 1 aliphatic carbocycles. The largest absolute Gasteiger partial charge is 0.467 e. The molecule has 0 saturated heterocycles. The molecule has 0 radical (unpaired) electrons. The second-order valence-electron chi connectivity index (χ2n) is 8.25. The van der Waals surface area contributed by atoms with Crippen LogP contribution in [0.25, 0.3) is 11.0 Å². The number of halogens is 1. The average molecular weight is 426 g/mol. The van der Waals surface area contributed by atoms with Gasteiger partial charge in [0, 0.05) is 18.0 Å². The van der Waals surface area contributed by atoms with E-state index < -0.39 is 0 Å². The maximum Gasteiger partial charge on any atom is 0.289 e. The first kappa shape index (κ1) is 19.1. The third kappa shape index (κ3) is 3.06. The first-order valence-electron chi connectivity index (χ1n) is 10.3. The van der Waals surface area contributed by atoms with E-state index in [4.69, 9.17) is 20.4 Å². The van der Waals surface area contributed by atoms with E-state index >= 15 is 0 Å². The van der Waals surface area contributed by atoms with Crippen molar-refractivity contribution < 1.29 is 13.6 Å². The van der Waals surface area contributed by atoms with Crippen LogP contribution in [-0.2, 0) is 12.1 Å². The lowest BCUT2D eigenvalue weighted by Gasteiger charge is -2.44. The molecular weight excluding hydrogens is 402 g/mol. The van der Waals surface area contributed by atoms with Crippen LogP contribution in [0, 0.1) is 0 Å². The van der Waals surface area contributed by atoms with E-state index in [1.165, 1.54) is 6.42 Å². The van der Waals surface area contributed by atoms with Crippen molar-refractivity contribution in [3.63, 3.8) is 0 Å². The van der Waals surface area contributed by atoms with Crippen LogP contribution in [-0.4, -0.2) is 17.9 Å². The Morgan fingerprint density at radius 3 is 2.83 bits per heavy atom. The van der Waals surface area contributed by atoms with E-state index in [1.807, 2.05) is 12.1 Å². The average Bonchev–Trinajstić information content (AvgIpc) is 3.37. The van der Waals surface area contributed by atoms with Crippen molar-refractivity contribution in [1.82, 2.24) is 10.2 Å². The second kappa shape index (κ2) is 7.13. The molecule has 2 aliphatic rings. The third-order valence-corrected chi connectivity index (χ3v) is 6.44. The number of amides is 1. The Balaban J connectivity index is 1.59. The summed E-state index contributed by atoms with van der Waals surface area (Å²) in [5.41, 5.74) is 2.26. The zero-order valence-electron chi connectivity index (χ0n) is 16.9. The first-order valence-corrected chi connectivity index (χ1v) is 10.6. The lowest BCUT2D eigenvalue weighted by Crippen LogP contribution is -2.48. The quantitative estimate of drug-likeness (QED) is 0.571. The van der Waals surface area contributed by atoms with Crippen molar-refractivity contribution in [3.05, 3.63) is 65.0 Å². The van der Waals surface area contributed by atoms with E-state index in [0.29, 0.717) is 22.9 Å². The molecule has 1 spiro atoms. The van der Waals surface area contributed by atoms with E-state index in [0.717, 1.165) is 53.9 Å². The van der Waals surface area contributed by atoms with Gasteiger partial charge in [-0.1, -0.05) is 37.4 Å². The highest BCUT2D eigenvalue weighted by Gasteiger charge is 2.42. The molecule has 5 rings (SSSR count). The van der Waals surface area contributed by atoms with Gasteiger partial charge >= 0.3 is 0 Å². The first-order chi connectivity index (χ1) is 14.5. The summed E-state index contributed by atoms with van der Waals surface area (Å²) < 4.78 is 11.6. The highest BCUT2D eigenvalue weighted by atomic mass is 35.5. The maximum atomic E-state index is 13.0. The van der Waals surface area contributed by atoms with Crippen LogP contribution in [0.5, 0.6) is 0 Å². The summed E-state index contributed by atoms with van der Waals surface area (Å²) in [6.45, 7) is 4.46. The Morgan fingerprint density at radius 1 is 1.30 bits per heavy atom. The van der Waals surface area contributed by atoms with Crippen molar-refractivity contribution >= 4 is 34.2 Å². The summed E-state index contributed by atoms with van der Waals surface area (Å²) in [4.78, 5) is 14.6. The number of hydrogen-bond acceptors (Lipinski definition) is 5. The number of furan rings is 2. The fourth-order valence-electron chi connectivity index (χ4n) is 4.79. The normalized spacial score (nSPS) is 17.5. The number of nitrogens with zero attached hydrogens (tertiary/aromatic N) is 1. The summed E-state index contributed by atoms with van der Waals surface area (Å²) in [5, 5.41) is 8.28. The van der Waals surface area contributed by atoms with Crippen molar-refractivity contribution in [3.8, 4) is 0 Å². The zero-order chi connectivity index (χ0) is 20.9. The van der Waals surface area contributed by atoms with Crippen LogP contribution in [0.4, 0.5) is 5.69 Å². The lowest BCUT2D eigenvalue weighted by molar-refractivity contribution is 0.0746. The van der Waals surface area contributed by atoms with E-state index in [1.54, 1.807) is 30.3 Å². The molecule has 1 aromatic carbocycles. The number of anilines is 1. The lowest BCUT2D eigenvalue weighted by atomic mass is 9.74. The minimum absolute atomic E-state index is 0.202. The Kier molecular flexibility index (Phi) is 4.54. The van der Waals surface area contributed by atoms with Gasteiger partial charge in [-0.25, -0.2) is 0 Å². The molecule has 1 aliphatic heterocycles. The van der Waals surface area contributed by atoms with E-state index in [-0.39, 0.29) is 11.4 Å². The number of rotatable bonds is 3. The Bertz CT molecular complexity index is 1130. The SMILES string of the molecule is C=C1Nc2c(Cl)cc3cc(C(=O)N(C)Cc4ccco4)oc3c2C2(CCCCC2)N1. The monoisotopic (exact) mass is 425 g/mol. The molecule has 1 fully saturated rings. The minimum atomic E-state index is -0.280. The van der Waals surface area contributed by atoms with Gasteiger partial charge < -0.3 is 24.4 Å². The minimum Gasteiger partial charge on any atom is -0.467 e. The summed E-state index contributed by atoms with van der Waals surface area (Å²) in [5.74, 6) is 1.55. The van der Waals surface area contributed by atoms with Crippen LogP contribution < -0.4 is 10.6 Å². The Labute approximate surface area is 179 Å². The summed E-state index contributed by atoms with van der Waals surface area (Å²) in [7, 11) is 1.73. The molecule has 30 heavy (non-hydrogen) atoms. The number of carbonyl (C=O) groups excluding carboxylic acids is 1. The number of fused-ring (bicyclic) bond motifs is 4. The molecule has 0 atom stereocenters. The van der Waals surface area contributed by atoms with Gasteiger partial charge in [-0.05, 0) is 37.1 Å². The molecule has 2 N–H and O–H groups in total. The van der Waals surface area contributed by atoms with Crippen molar-refractivity contribution in [2.75, 3.05) is 12.4 Å². The molecule has 3 aromatic rings. The second-order valence-corrected chi connectivity index (χ2v) is 8.66. The fraction of sp³-hybridized carbons (Fsp3) is 0.348. The number of hydrogen-bond donors (Lipinski definition) is 2. The maximum absolute atomic E-state index is 13.0. The topological polar surface area (TPSA) is 70.7 Å². The molecule has 0 unspecified atom stereocenters. The van der Waals surface area contributed by atoms with Gasteiger partial charge in [0.25, 0.3) is 5.91 Å². The summed E-state index contributed by atoms with van der Waals surface area (Å²) in [6.07, 6.45) is 6.98. The van der Waals surface area contributed by atoms with E-state index in [2.05, 4.69) is 17.2 Å². The smallest absolute Gasteiger partial charge is 0.289 e. The molecule has 7 heteroatoms. The number of nitrogens with one attached hydrogen (secondary N) is 2. The molecule has 156 valence electrons. The van der Waals surface area contributed by atoms with Crippen LogP contribution >= 0.6 is 11.6 Å². The van der Waals surface area contributed by atoms with Gasteiger partial charge in [0.15, 0.2) is 5.76 Å². The fourth-order valence-corrected chi connectivity index (χ4v) is 5.05. The highest BCUT2D eigenvalue weighted by molar-refractivity contribution is 6.34. The van der Waals surface area contributed by atoms with E-state index in [9.17, 15) is 4.79 Å². The van der Waals surface area contributed by atoms with Gasteiger partial charge in [0.1, 0.15) is 11.3 Å². The molecule has 1 amide bonds. The van der Waals surface area contributed by atoms with Gasteiger partial charge in [-0.3, -0.25) is 4.79 Å². The van der Waals surface area contributed by atoms with Crippen molar-refractivity contribution in [2.45, 2.75) is 44.2 Å². The number of carbonyl (C=O) groups is 1. The molecule has 6 nitrogen and oxygen atoms in total. The van der Waals surface area contributed by atoms with Crippen LogP contribution in [0.1, 0.15) is 54.0 Å². The van der Waals surface area contributed by atoms with Crippen molar-refractivity contribution in [2.24, 2.45) is 0 Å². The van der Waals surface area contributed by atoms with Gasteiger partial charge in [-0.15, -0.1) is 0 Å². The Hall–Kier alpha value is -2.86. The summed E-state index contributed by atoms with van der Waals surface area (Å²) >= 11 is 6.65. The van der Waals surface area contributed by atoms with Gasteiger partial charge in [0.05, 0.1) is 34.9 Å². The van der Waals surface area contributed by atoms with Crippen LogP contribution in [0.3, 0.4) is 0 Å². The summed E-state index contributed by atoms with van der Waals surface area (Å²) in [6, 6.07) is 7.28. The molecule has 3 heterocycles. The predicted octanol–water partition coefficient (Wildman–Crippen LogP) is 5.60. The molecule has 0 bridgehead atoms. The third-order valence-electron chi connectivity index (χ3n) is 6.14.